The smallest absolute Gasteiger partial charge is 0.252 e. The van der Waals surface area contributed by atoms with E-state index in [0.717, 1.165) is 43.3 Å². The summed E-state index contributed by atoms with van der Waals surface area (Å²) in [7, 11) is 3.85. The Balaban J connectivity index is 1.54. The molecule has 178 valence electrons. The van der Waals surface area contributed by atoms with E-state index in [0.29, 0.717) is 11.3 Å². The highest BCUT2D eigenvalue weighted by atomic mass is 16.5. The Morgan fingerprint density at radius 3 is 2.76 bits per heavy atom. The molecule has 1 aliphatic heterocycles. The molecule has 3 atom stereocenters. The van der Waals surface area contributed by atoms with Gasteiger partial charge in [0.2, 0.25) is 0 Å². The molecule has 0 saturated carbocycles. The highest BCUT2D eigenvalue weighted by Gasteiger charge is 2.32. The van der Waals surface area contributed by atoms with Gasteiger partial charge >= 0.3 is 0 Å². The van der Waals surface area contributed by atoms with Gasteiger partial charge in [0.05, 0.1) is 19.1 Å². The number of aromatic nitrogens is 1. The minimum Gasteiger partial charge on any atom is -0.500 e. The van der Waals surface area contributed by atoms with E-state index >= 15 is 0 Å². The van der Waals surface area contributed by atoms with E-state index < -0.39 is 6.04 Å². The number of nitrogens with zero attached hydrogens (tertiary/aromatic N) is 4. The van der Waals surface area contributed by atoms with E-state index in [9.17, 15) is 4.79 Å². The van der Waals surface area contributed by atoms with Crippen LogP contribution in [0.1, 0.15) is 35.9 Å². The molecule has 8 heteroatoms. The lowest BCUT2D eigenvalue weighted by molar-refractivity contribution is 0.0948. The molecule has 8 nitrogen and oxygen atoms in total. The van der Waals surface area contributed by atoms with Gasteiger partial charge in [0.1, 0.15) is 23.3 Å². The summed E-state index contributed by atoms with van der Waals surface area (Å²) in [5.41, 5.74) is 3.08. The molecule has 0 radical (unpaired) electrons. The van der Waals surface area contributed by atoms with Gasteiger partial charge in [-0.05, 0) is 38.1 Å². The number of nitrogens with one attached hydrogen (secondary N) is 1. The van der Waals surface area contributed by atoms with Crippen LogP contribution in [0.4, 0.5) is 0 Å². The lowest BCUT2D eigenvalue weighted by atomic mass is 9.84. The fourth-order valence-corrected chi connectivity index (χ4v) is 4.46. The van der Waals surface area contributed by atoms with Gasteiger partial charge in [0.25, 0.3) is 5.91 Å². The predicted molar refractivity (Wildman–Crippen MR) is 129 cm³/mol. The molecule has 0 spiro atoms. The third kappa shape index (κ3) is 5.00. The maximum absolute atomic E-state index is 12.4. The summed E-state index contributed by atoms with van der Waals surface area (Å²) in [6.45, 7) is 7.89. The number of piperazine rings is 1. The molecule has 1 aliphatic carbocycles. The van der Waals surface area contributed by atoms with Crippen LogP contribution in [0.5, 0.6) is 0 Å². The van der Waals surface area contributed by atoms with Gasteiger partial charge in [-0.3, -0.25) is 4.79 Å². The third-order valence-electron chi connectivity index (χ3n) is 6.46. The Hall–Kier alpha value is -3.57. The standard InChI is InChI=1S/C26H31N5O3/c1-17-12-21(31-10-8-30(3)9-11-31)14-23(33-4)25(17)24-15-22(29-34-24)19-6-5-7-20(13-19)26(32)28-18(2)16-27/h5-7,12-15,17-18,25H,8-11H2,1-4H3,(H,28,32). The minimum absolute atomic E-state index is 0.0783. The normalized spacial score (nSPS) is 21.8. The number of benzene rings is 1. The van der Waals surface area contributed by atoms with Gasteiger partial charge in [-0.25, -0.2) is 0 Å². The number of methoxy groups -OCH3 is 1. The van der Waals surface area contributed by atoms with Crippen molar-refractivity contribution in [1.29, 1.82) is 5.26 Å². The van der Waals surface area contributed by atoms with Gasteiger partial charge < -0.3 is 24.4 Å². The van der Waals surface area contributed by atoms with Gasteiger partial charge in [-0.1, -0.05) is 30.3 Å². The maximum Gasteiger partial charge on any atom is 0.252 e. The van der Waals surface area contributed by atoms with Crippen molar-refractivity contribution in [2.45, 2.75) is 25.8 Å². The number of allylic oxidation sites excluding steroid dienone is 3. The van der Waals surface area contributed by atoms with Crippen molar-refractivity contribution in [3.8, 4) is 17.3 Å². The van der Waals surface area contributed by atoms with Crippen LogP contribution in [0.25, 0.3) is 11.3 Å². The number of nitriles is 1. The lowest BCUT2D eigenvalue weighted by Crippen LogP contribution is -2.44. The first-order chi connectivity index (χ1) is 16.4. The summed E-state index contributed by atoms with van der Waals surface area (Å²) in [4.78, 5) is 17.2. The van der Waals surface area contributed by atoms with Gasteiger partial charge in [-0.15, -0.1) is 0 Å². The third-order valence-corrected chi connectivity index (χ3v) is 6.46. The monoisotopic (exact) mass is 461 g/mol. The van der Waals surface area contributed by atoms with E-state index in [1.807, 2.05) is 18.2 Å². The summed E-state index contributed by atoms with van der Waals surface area (Å²) >= 11 is 0. The fraction of sp³-hybridized carbons (Fsp3) is 0.423. The van der Waals surface area contributed by atoms with Crippen LogP contribution in [0.3, 0.4) is 0 Å². The molecule has 0 bridgehead atoms. The number of carbonyl (C=O) groups excluding carboxylic acids is 1. The van der Waals surface area contributed by atoms with Crippen molar-refractivity contribution in [1.82, 2.24) is 20.3 Å². The molecule has 1 saturated heterocycles. The molecule has 1 aromatic heterocycles. The zero-order valence-electron chi connectivity index (χ0n) is 20.1. The van der Waals surface area contributed by atoms with E-state index in [-0.39, 0.29) is 17.7 Å². The average molecular weight is 462 g/mol. The first-order valence-corrected chi connectivity index (χ1v) is 11.6. The van der Waals surface area contributed by atoms with Crippen LogP contribution in [-0.2, 0) is 4.74 Å². The SMILES string of the molecule is COC1=CC(N2CCN(C)CC2)=CC(C)C1c1cc(-c2cccc(C(=O)NC(C)C#N)c2)no1. The number of ether oxygens (including phenoxy) is 1. The van der Waals surface area contributed by atoms with E-state index in [1.54, 1.807) is 32.2 Å². The molecular weight excluding hydrogens is 430 g/mol. The van der Waals surface area contributed by atoms with Crippen LogP contribution in [0, 0.1) is 17.2 Å². The van der Waals surface area contributed by atoms with E-state index in [2.05, 4.69) is 46.4 Å². The quantitative estimate of drug-likeness (QED) is 0.705. The number of amides is 1. The van der Waals surface area contributed by atoms with Crippen molar-refractivity contribution < 1.29 is 14.1 Å². The largest absolute Gasteiger partial charge is 0.500 e. The molecule has 4 rings (SSSR count). The van der Waals surface area contributed by atoms with Crippen molar-refractivity contribution in [2.75, 3.05) is 40.3 Å². The number of rotatable bonds is 6. The molecule has 2 heterocycles. The van der Waals surface area contributed by atoms with Crippen molar-refractivity contribution in [3.05, 3.63) is 65.3 Å². The van der Waals surface area contributed by atoms with Gasteiger partial charge in [-0.2, -0.15) is 5.26 Å². The Morgan fingerprint density at radius 2 is 2.06 bits per heavy atom. The molecule has 1 aromatic carbocycles. The second-order valence-corrected chi connectivity index (χ2v) is 8.99. The molecule has 2 aromatic rings. The second kappa shape index (κ2) is 10.1. The first kappa shape index (κ1) is 23.6. The summed E-state index contributed by atoms with van der Waals surface area (Å²) in [5, 5.41) is 15.9. The molecule has 1 amide bonds. The Kier molecular flexibility index (Phi) is 7.03. The number of likely N-dealkylation sites (N-methyl/N-ethyl adjacent to an activating group) is 1. The zero-order chi connectivity index (χ0) is 24.2. The summed E-state index contributed by atoms with van der Waals surface area (Å²) in [6, 6.07) is 10.5. The van der Waals surface area contributed by atoms with Gasteiger partial charge in [0, 0.05) is 49.1 Å². The highest BCUT2D eigenvalue weighted by molar-refractivity contribution is 5.95. The van der Waals surface area contributed by atoms with Crippen LogP contribution in [0.15, 0.2) is 58.5 Å². The minimum atomic E-state index is -0.564. The molecule has 34 heavy (non-hydrogen) atoms. The molecular formula is C26H31N5O3. The summed E-state index contributed by atoms with van der Waals surface area (Å²) < 4.78 is 11.6. The van der Waals surface area contributed by atoms with Crippen LogP contribution >= 0.6 is 0 Å². The van der Waals surface area contributed by atoms with Crippen molar-refractivity contribution >= 4 is 5.91 Å². The van der Waals surface area contributed by atoms with Crippen LogP contribution in [0.2, 0.25) is 0 Å². The average Bonchev–Trinajstić information content (AvgIpc) is 3.33. The highest BCUT2D eigenvalue weighted by Crippen LogP contribution is 2.39. The molecule has 2 aliphatic rings. The van der Waals surface area contributed by atoms with E-state index in [4.69, 9.17) is 14.5 Å². The fourth-order valence-electron chi connectivity index (χ4n) is 4.46. The summed E-state index contributed by atoms with van der Waals surface area (Å²) in [5.74, 6) is 1.36. The summed E-state index contributed by atoms with van der Waals surface area (Å²) in [6.07, 6.45) is 4.39. The Labute approximate surface area is 200 Å². The lowest BCUT2D eigenvalue weighted by Gasteiger charge is -2.37. The Bertz CT molecular complexity index is 1140. The van der Waals surface area contributed by atoms with Crippen LogP contribution < -0.4 is 5.32 Å². The van der Waals surface area contributed by atoms with Crippen molar-refractivity contribution in [3.63, 3.8) is 0 Å². The molecule has 1 fully saturated rings. The number of hydrogen-bond donors (Lipinski definition) is 1. The topological polar surface area (TPSA) is 94.6 Å². The molecule has 1 N–H and O–H groups in total. The Morgan fingerprint density at radius 1 is 1.29 bits per heavy atom. The zero-order valence-corrected chi connectivity index (χ0v) is 20.1. The maximum atomic E-state index is 12.4. The molecule has 3 unspecified atom stereocenters. The van der Waals surface area contributed by atoms with Crippen LogP contribution in [-0.4, -0.2) is 67.2 Å². The second-order valence-electron chi connectivity index (χ2n) is 8.99. The predicted octanol–water partition coefficient (Wildman–Crippen LogP) is 3.38. The van der Waals surface area contributed by atoms with Crippen molar-refractivity contribution in [2.24, 2.45) is 5.92 Å². The number of hydrogen-bond acceptors (Lipinski definition) is 7. The first-order valence-electron chi connectivity index (χ1n) is 11.6. The van der Waals surface area contributed by atoms with Gasteiger partial charge in [0.15, 0.2) is 0 Å². The number of carbonyl (C=O) groups is 1. The van der Waals surface area contributed by atoms with E-state index in [1.165, 1.54) is 5.70 Å².